The summed E-state index contributed by atoms with van der Waals surface area (Å²) in [6.45, 7) is 3.19. The second-order valence-electron chi connectivity index (χ2n) is 6.16. The molecule has 1 amide bonds. The monoisotopic (exact) mass is 425 g/mol. The Morgan fingerprint density at radius 2 is 1.93 bits per heavy atom. The van der Waals surface area contributed by atoms with Gasteiger partial charge in [-0.15, -0.1) is 0 Å². The minimum atomic E-state index is -3.81. The van der Waals surface area contributed by atoms with Crippen molar-refractivity contribution in [3.63, 3.8) is 0 Å². The number of benzene rings is 2. The zero-order chi connectivity index (χ0) is 21.1. The van der Waals surface area contributed by atoms with Gasteiger partial charge in [-0.05, 0) is 37.6 Å². The third kappa shape index (κ3) is 4.79. The smallest absolute Gasteiger partial charge is 0.274 e. The third-order valence-electron chi connectivity index (χ3n) is 4.15. The number of hydrogen-bond donors (Lipinski definition) is 1. The first-order chi connectivity index (χ1) is 13.1. The summed E-state index contributed by atoms with van der Waals surface area (Å²) in [6.07, 6.45) is 1.18. The van der Waals surface area contributed by atoms with Crippen LogP contribution in [0.5, 0.6) is 0 Å². The summed E-state index contributed by atoms with van der Waals surface area (Å²) in [6, 6.07) is 9.43. The number of nitrogens with one attached hydrogen (secondary N) is 1. The van der Waals surface area contributed by atoms with E-state index in [9.17, 15) is 23.3 Å². The molecule has 0 radical (unpaired) electrons. The maximum atomic E-state index is 12.9. The van der Waals surface area contributed by atoms with Crippen molar-refractivity contribution < 1.29 is 18.1 Å². The largest absolute Gasteiger partial charge is 0.324 e. The van der Waals surface area contributed by atoms with Crippen molar-refractivity contribution in [1.82, 2.24) is 0 Å². The molecule has 0 saturated carbocycles. The van der Waals surface area contributed by atoms with Crippen molar-refractivity contribution in [3.05, 3.63) is 63.2 Å². The number of rotatable bonds is 7. The summed E-state index contributed by atoms with van der Waals surface area (Å²) in [5.74, 6) is -0.600. The molecule has 0 aliphatic heterocycles. The number of amides is 1. The van der Waals surface area contributed by atoms with Gasteiger partial charge >= 0.3 is 0 Å². The quantitative estimate of drug-likeness (QED) is 0.536. The number of sulfonamides is 1. The molecule has 0 aromatic heterocycles. The average molecular weight is 426 g/mol. The molecule has 2 aromatic carbocycles. The number of carbonyl (C=O) groups excluding carboxylic acids is 1. The Balaban J connectivity index is 2.43. The van der Waals surface area contributed by atoms with Gasteiger partial charge < -0.3 is 5.32 Å². The lowest BCUT2D eigenvalue weighted by Gasteiger charge is -2.30. The van der Waals surface area contributed by atoms with E-state index >= 15 is 0 Å². The van der Waals surface area contributed by atoms with Gasteiger partial charge in [-0.2, -0.15) is 0 Å². The number of nitro benzene ring substituents is 1. The molecular weight excluding hydrogens is 406 g/mol. The van der Waals surface area contributed by atoms with Gasteiger partial charge in [0.05, 0.1) is 28.1 Å². The minimum Gasteiger partial charge on any atom is -0.324 e. The SMILES string of the molecule is CC[C@@H](C(=O)Nc1cccc([N+](=O)[O-])c1C)N(c1cccc(Cl)c1)S(C)(=O)=O. The van der Waals surface area contributed by atoms with Crippen molar-refractivity contribution in [2.24, 2.45) is 0 Å². The summed E-state index contributed by atoms with van der Waals surface area (Å²) in [4.78, 5) is 23.5. The molecule has 0 heterocycles. The number of nitro groups is 1. The van der Waals surface area contributed by atoms with Crippen LogP contribution in [-0.4, -0.2) is 31.5 Å². The van der Waals surface area contributed by atoms with E-state index < -0.39 is 26.9 Å². The predicted octanol–water partition coefficient (Wildman–Crippen LogP) is 3.74. The normalized spacial score (nSPS) is 12.3. The second-order valence-corrected chi connectivity index (χ2v) is 8.45. The average Bonchev–Trinajstić information content (AvgIpc) is 2.59. The summed E-state index contributed by atoms with van der Waals surface area (Å²) < 4.78 is 25.8. The van der Waals surface area contributed by atoms with Gasteiger partial charge in [0.2, 0.25) is 15.9 Å². The Labute approximate surface area is 168 Å². The Bertz CT molecular complexity index is 1010. The fourth-order valence-electron chi connectivity index (χ4n) is 2.85. The van der Waals surface area contributed by atoms with Gasteiger partial charge in [0.1, 0.15) is 6.04 Å². The van der Waals surface area contributed by atoms with Crippen LogP contribution in [0.3, 0.4) is 0 Å². The molecular formula is C18H20ClN3O5S. The first-order valence-electron chi connectivity index (χ1n) is 8.36. The molecule has 8 nitrogen and oxygen atoms in total. The van der Waals surface area contributed by atoms with E-state index in [1.54, 1.807) is 25.1 Å². The van der Waals surface area contributed by atoms with Gasteiger partial charge in [0.25, 0.3) is 5.69 Å². The maximum Gasteiger partial charge on any atom is 0.274 e. The Kier molecular flexibility index (Phi) is 6.63. The summed E-state index contributed by atoms with van der Waals surface area (Å²) in [5.41, 5.74) is 0.648. The van der Waals surface area contributed by atoms with E-state index in [4.69, 9.17) is 11.6 Å². The Morgan fingerprint density at radius 1 is 1.29 bits per heavy atom. The molecule has 0 fully saturated rings. The highest BCUT2D eigenvalue weighted by Gasteiger charge is 2.32. The lowest BCUT2D eigenvalue weighted by atomic mass is 10.1. The minimum absolute atomic E-state index is 0.138. The van der Waals surface area contributed by atoms with Crippen LogP contribution >= 0.6 is 11.6 Å². The molecule has 10 heteroatoms. The third-order valence-corrected chi connectivity index (χ3v) is 5.57. The van der Waals surface area contributed by atoms with Gasteiger partial charge in [-0.1, -0.05) is 30.7 Å². The first-order valence-corrected chi connectivity index (χ1v) is 10.6. The van der Waals surface area contributed by atoms with Crippen molar-refractivity contribution in [2.75, 3.05) is 15.9 Å². The molecule has 0 saturated heterocycles. The molecule has 28 heavy (non-hydrogen) atoms. The van der Waals surface area contributed by atoms with E-state index in [1.165, 1.54) is 31.2 Å². The molecule has 1 atom stereocenters. The lowest BCUT2D eigenvalue weighted by molar-refractivity contribution is -0.385. The molecule has 0 unspecified atom stereocenters. The van der Waals surface area contributed by atoms with Gasteiger partial charge in [-0.3, -0.25) is 19.2 Å². The molecule has 1 N–H and O–H groups in total. The van der Waals surface area contributed by atoms with Crippen LogP contribution in [0.4, 0.5) is 17.1 Å². The van der Waals surface area contributed by atoms with Crippen LogP contribution in [0.1, 0.15) is 18.9 Å². The molecule has 0 aliphatic rings. The van der Waals surface area contributed by atoms with Crippen LogP contribution in [0.25, 0.3) is 0 Å². The van der Waals surface area contributed by atoms with Crippen molar-refractivity contribution in [2.45, 2.75) is 26.3 Å². The molecule has 0 aliphatic carbocycles. The van der Waals surface area contributed by atoms with Crippen LogP contribution in [0.15, 0.2) is 42.5 Å². The summed E-state index contributed by atoms with van der Waals surface area (Å²) in [7, 11) is -3.81. The number of halogens is 1. The number of hydrogen-bond acceptors (Lipinski definition) is 5. The molecule has 150 valence electrons. The van der Waals surface area contributed by atoms with Crippen molar-refractivity contribution in [1.29, 1.82) is 0 Å². The molecule has 0 spiro atoms. The first kappa shape index (κ1) is 21.6. The maximum absolute atomic E-state index is 12.9. The molecule has 0 bridgehead atoms. The lowest BCUT2D eigenvalue weighted by Crippen LogP contribution is -2.47. The van der Waals surface area contributed by atoms with Crippen LogP contribution in [0, 0.1) is 17.0 Å². The highest BCUT2D eigenvalue weighted by molar-refractivity contribution is 7.92. The van der Waals surface area contributed by atoms with Gasteiger partial charge in [-0.25, -0.2) is 8.42 Å². The summed E-state index contributed by atoms with van der Waals surface area (Å²) in [5, 5.41) is 14.0. The standard InChI is InChI=1S/C18H20ClN3O5S/c1-4-16(21(28(3,26)27)14-8-5-7-13(19)11-14)18(23)20-15-9-6-10-17(12(15)2)22(24)25/h5-11,16H,4H2,1-3H3,(H,20,23)/t16-/m0/s1. The molecule has 2 aromatic rings. The van der Waals surface area contributed by atoms with E-state index in [-0.39, 0.29) is 29.0 Å². The number of anilines is 2. The van der Waals surface area contributed by atoms with E-state index in [1.807, 2.05) is 0 Å². The zero-order valence-corrected chi connectivity index (χ0v) is 17.1. The number of carbonyl (C=O) groups is 1. The van der Waals surface area contributed by atoms with E-state index in [0.29, 0.717) is 5.02 Å². The highest BCUT2D eigenvalue weighted by atomic mass is 35.5. The Hall–Kier alpha value is -2.65. The van der Waals surface area contributed by atoms with Crippen molar-refractivity contribution in [3.8, 4) is 0 Å². The van der Waals surface area contributed by atoms with Crippen LogP contribution in [-0.2, 0) is 14.8 Å². The second kappa shape index (κ2) is 8.57. The predicted molar refractivity (Wildman–Crippen MR) is 109 cm³/mol. The van der Waals surface area contributed by atoms with Crippen LogP contribution < -0.4 is 9.62 Å². The highest BCUT2D eigenvalue weighted by Crippen LogP contribution is 2.28. The van der Waals surface area contributed by atoms with E-state index in [2.05, 4.69) is 5.32 Å². The molecule has 2 rings (SSSR count). The topological polar surface area (TPSA) is 110 Å². The Morgan fingerprint density at radius 3 is 2.46 bits per heavy atom. The fourth-order valence-corrected chi connectivity index (χ4v) is 4.23. The van der Waals surface area contributed by atoms with E-state index in [0.717, 1.165) is 10.6 Å². The zero-order valence-electron chi connectivity index (χ0n) is 15.5. The number of nitrogens with zero attached hydrogens (tertiary/aromatic N) is 2. The fraction of sp³-hybridized carbons (Fsp3) is 0.278. The van der Waals surface area contributed by atoms with Gasteiger partial charge in [0, 0.05) is 11.1 Å². The van der Waals surface area contributed by atoms with Crippen molar-refractivity contribution >= 4 is 44.6 Å². The summed E-state index contributed by atoms with van der Waals surface area (Å²) >= 11 is 5.98. The van der Waals surface area contributed by atoms with Gasteiger partial charge in [0.15, 0.2) is 0 Å². The van der Waals surface area contributed by atoms with Crippen LogP contribution in [0.2, 0.25) is 5.02 Å².